The number of rotatable bonds is 5. The van der Waals surface area contributed by atoms with Crippen LogP contribution in [0.4, 0.5) is 13.2 Å². The zero-order valence-electron chi connectivity index (χ0n) is 10.6. The molecule has 19 heavy (non-hydrogen) atoms. The van der Waals surface area contributed by atoms with Crippen molar-refractivity contribution in [3.8, 4) is 5.75 Å². The number of nitrogens with one attached hydrogen (secondary N) is 2. The minimum absolute atomic E-state index is 0.191. The summed E-state index contributed by atoms with van der Waals surface area (Å²) in [5.41, 5.74) is -0.735. The van der Waals surface area contributed by atoms with Crippen LogP contribution in [-0.4, -0.2) is 30.1 Å². The van der Waals surface area contributed by atoms with Crippen LogP contribution in [0.2, 0.25) is 0 Å². The highest BCUT2D eigenvalue weighted by atomic mass is 19.2. The predicted molar refractivity (Wildman–Crippen MR) is 63.5 cm³/mol. The molecule has 0 bridgehead atoms. The molecule has 1 rings (SSSR count). The lowest BCUT2D eigenvalue weighted by Crippen LogP contribution is -2.35. The Hall–Kier alpha value is -1.76. The van der Waals surface area contributed by atoms with E-state index in [1.54, 1.807) is 0 Å². The summed E-state index contributed by atoms with van der Waals surface area (Å²) in [4.78, 5) is 11.5. The van der Waals surface area contributed by atoms with E-state index in [4.69, 9.17) is 5.11 Å². The van der Waals surface area contributed by atoms with Gasteiger partial charge in [0, 0.05) is 19.1 Å². The van der Waals surface area contributed by atoms with Crippen LogP contribution in [0.25, 0.3) is 0 Å². The van der Waals surface area contributed by atoms with E-state index in [9.17, 15) is 18.0 Å². The normalized spacial score (nSPS) is 10.8. The maximum absolute atomic E-state index is 13.4. The van der Waals surface area contributed by atoms with Crippen molar-refractivity contribution < 1.29 is 23.1 Å². The SMILES string of the molecule is CC(C)NCCNC(=O)c1cc(F)c(F)c(O)c1F. The van der Waals surface area contributed by atoms with Crippen LogP contribution in [0.5, 0.6) is 5.75 Å². The monoisotopic (exact) mass is 276 g/mol. The Balaban J connectivity index is 2.73. The third-order valence-electron chi connectivity index (χ3n) is 2.34. The molecule has 0 aromatic heterocycles. The van der Waals surface area contributed by atoms with Crippen molar-refractivity contribution in [1.29, 1.82) is 0 Å². The van der Waals surface area contributed by atoms with Crippen LogP contribution in [0.3, 0.4) is 0 Å². The lowest BCUT2D eigenvalue weighted by molar-refractivity contribution is 0.0948. The van der Waals surface area contributed by atoms with Crippen molar-refractivity contribution in [1.82, 2.24) is 10.6 Å². The summed E-state index contributed by atoms with van der Waals surface area (Å²) in [5, 5.41) is 14.3. The minimum atomic E-state index is -1.71. The largest absolute Gasteiger partial charge is 0.503 e. The van der Waals surface area contributed by atoms with Gasteiger partial charge in [-0.3, -0.25) is 4.79 Å². The molecular formula is C12H15F3N2O2. The van der Waals surface area contributed by atoms with Gasteiger partial charge in [-0.1, -0.05) is 13.8 Å². The van der Waals surface area contributed by atoms with Crippen LogP contribution in [-0.2, 0) is 0 Å². The second-order valence-corrected chi connectivity index (χ2v) is 4.25. The van der Waals surface area contributed by atoms with Gasteiger partial charge in [0.15, 0.2) is 17.4 Å². The molecule has 1 aromatic carbocycles. The number of hydrogen-bond acceptors (Lipinski definition) is 3. The molecule has 3 N–H and O–H groups in total. The molecule has 1 aromatic rings. The van der Waals surface area contributed by atoms with Gasteiger partial charge >= 0.3 is 0 Å². The zero-order valence-corrected chi connectivity index (χ0v) is 10.6. The topological polar surface area (TPSA) is 61.4 Å². The molecule has 0 radical (unpaired) electrons. The Morgan fingerprint density at radius 1 is 1.26 bits per heavy atom. The third-order valence-corrected chi connectivity index (χ3v) is 2.34. The minimum Gasteiger partial charge on any atom is -0.503 e. The van der Waals surface area contributed by atoms with Gasteiger partial charge in [0.1, 0.15) is 0 Å². The van der Waals surface area contributed by atoms with Gasteiger partial charge in [-0.15, -0.1) is 0 Å². The molecule has 4 nitrogen and oxygen atoms in total. The molecule has 0 aliphatic rings. The number of carbonyl (C=O) groups excluding carboxylic acids is 1. The van der Waals surface area contributed by atoms with Crippen molar-refractivity contribution >= 4 is 5.91 Å². The molecule has 106 valence electrons. The predicted octanol–water partition coefficient (Wildman–Crippen LogP) is 1.54. The molecule has 7 heteroatoms. The number of amides is 1. The summed E-state index contributed by atoms with van der Waals surface area (Å²) in [6, 6.07) is 0.635. The number of phenolic OH excluding ortho intramolecular Hbond substituents is 1. The molecule has 0 spiro atoms. The number of phenols is 1. The van der Waals surface area contributed by atoms with Crippen LogP contribution in [0.1, 0.15) is 24.2 Å². The van der Waals surface area contributed by atoms with Crippen LogP contribution in [0, 0.1) is 17.5 Å². The van der Waals surface area contributed by atoms with Gasteiger partial charge in [0.2, 0.25) is 5.82 Å². The third kappa shape index (κ3) is 3.85. The lowest BCUT2D eigenvalue weighted by Gasteiger charge is -2.10. The summed E-state index contributed by atoms with van der Waals surface area (Å²) < 4.78 is 39.2. The highest BCUT2D eigenvalue weighted by molar-refractivity contribution is 5.94. The smallest absolute Gasteiger partial charge is 0.254 e. The molecule has 0 saturated carbocycles. The fourth-order valence-corrected chi connectivity index (χ4v) is 1.39. The van der Waals surface area contributed by atoms with Crippen molar-refractivity contribution in [3.05, 3.63) is 29.1 Å². The Labute approximate surface area is 108 Å². The van der Waals surface area contributed by atoms with Crippen LogP contribution >= 0.6 is 0 Å². The second kappa shape index (κ2) is 6.42. The van der Waals surface area contributed by atoms with Gasteiger partial charge in [-0.05, 0) is 6.07 Å². The molecule has 0 unspecified atom stereocenters. The maximum atomic E-state index is 13.4. The first-order valence-corrected chi connectivity index (χ1v) is 5.72. The molecule has 0 aliphatic carbocycles. The summed E-state index contributed by atoms with van der Waals surface area (Å²) in [6.07, 6.45) is 0. The standard InChI is InChI=1S/C12H15F3N2O2/c1-6(2)16-3-4-17-12(19)7-5-8(13)10(15)11(18)9(7)14/h5-6,16,18H,3-4H2,1-2H3,(H,17,19). The molecule has 0 atom stereocenters. The van der Waals surface area contributed by atoms with Gasteiger partial charge in [0.25, 0.3) is 5.91 Å². The van der Waals surface area contributed by atoms with E-state index < -0.39 is 34.7 Å². The average molecular weight is 276 g/mol. The Bertz CT molecular complexity index is 479. The van der Waals surface area contributed by atoms with Crippen LogP contribution < -0.4 is 10.6 Å². The summed E-state index contributed by atoms with van der Waals surface area (Å²) in [6.45, 7) is 4.46. The molecule has 0 fully saturated rings. The lowest BCUT2D eigenvalue weighted by atomic mass is 10.1. The van der Waals surface area contributed by atoms with Crippen molar-refractivity contribution in [2.45, 2.75) is 19.9 Å². The molecular weight excluding hydrogens is 261 g/mol. The first-order chi connectivity index (χ1) is 8.84. The van der Waals surface area contributed by atoms with Gasteiger partial charge in [0.05, 0.1) is 5.56 Å². The summed E-state index contributed by atoms with van der Waals surface area (Å²) >= 11 is 0. The highest BCUT2D eigenvalue weighted by Gasteiger charge is 2.22. The van der Waals surface area contributed by atoms with Crippen molar-refractivity contribution in [2.75, 3.05) is 13.1 Å². The van der Waals surface area contributed by atoms with E-state index in [-0.39, 0.29) is 12.6 Å². The van der Waals surface area contributed by atoms with Crippen molar-refractivity contribution in [2.24, 2.45) is 0 Å². The van der Waals surface area contributed by atoms with Crippen molar-refractivity contribution in [3.63, 3.8) is 0 Å². The number of hydrogen-bond donors (Lipinski definition) is 3. The Morgan fingerprint density at radius 3 is 2.47 bits per heavy atom. The Kier molecular flexibility index (Phi) is 5.17. The average Bonchev–Trinajstić information content (AvgIpc) is 2.36. The fraction of sp³-hybridized carbons (Fsp3) is 0.417. The van der Waals surface area contributed by atoms with Gasteiger partial charge < -0.3 is 15.7 Å². The fourth-order valence-electron chi connectivity index (χ4n) is 1.39. The molecule has 0 saturated heterocycles. The molecule has 0 heterocycles. The maximum Gasteiger partial charge on any atom is 0.254 e. The van der Waals surface area contributed by atoms with E-state index in [1.807, 2.05) is 13.8 Å². The zero-order chi connectivity index (χ0) is 14.6. The van der Waals surface area contributed by atoms with E-state index in [1.165, 1.54) is 0 Å². The van der Waals surface area contributed by atoms with Gasteiger partial charge in [-0.25, -0.2) is 8.78 Å². The summed E-state index contributed by atoms with van der Waals surface area (Å²) in [7, 11) is 0. The second-order valence-electron chi connectivity index (χ2n) is 4.25. The van der Waals surface area contributed by atoms with E-state index in [0.717, 1.165) is 0 Å². The number of carbonyl (C=O) groups is 1. The van der Waals surface area contributed by atoms with Gasteiger partial charge in [-0.2, -0.15) is 4.39 Å². The van der Waals surface area contributed by atoms with E-state index in [2.05, 4.69) is 10.6 Å². The number of halogens is 3. The first-order valence-electron chi connectivity index (χ1n) is 5.72. The molecule has 1 amide bonds. The van der Waals surface area contributed by atoms with E-state index >= 15 is 0 Å². The first kappa shape index (κ1) is 15.3. The van der Waals surface area contributed by atoms with Crippen LogP contribution in [0.15, 0.2) is 6.07 Å². The summed E-state index contributed by atoms with van der Waals surface area (Å²) in [5.74, 6) is -7.09. The number of aromatic hydroxyl groups is 1. The highest BCUT2D eigenvalue weighted by Crippen LogP contribution is 2.25. The van der Waals surface area contributed by atoms with E-state index in [0.29, 0.717) is 12.6 Å². The molecule has 0 aliphatic heterocycles. The quantitative estimate of drug-likeness (QED) is 0.564. The Morgan fingerprint density at radius 2 is 1.89 bits per heavy atom. The number of benzene rings is 1.